The summed E-state index contributed by atoms with van der Waals surface area (Å²) >= 11 is 0. The lowest BCUT2D eigenvalue weighted by molar-refractivity contribution is 0.341. The monoisotopic (exact) mass is 310 g/mol. The predicted octanol–water partition coefficient (Wildman–Crippen LogP) is 6.75. The second-order valence-corrected chi connectivity index (χ2v) is 7.71. The van der Waals surface area contributed by atoms with Gasteiger partial charge in [-0.05, 0) is 37.5 Å². The van der Waals surface area contributed by atoms with Gasteiger partial charge in [0.2, 0.25) is 0 Å². The van der Waals surface area contributed by atoms with E-state index in [0.29, 0.717) is 0 Å². The molecule has 0 aromatic rings. The first kappa shape index (κ1) is 21.7. The number of aliphatic hydroxyl groups is 1. The van der Waals surface area contributed by atoms with Crippen molar-refractivity contribution in [3.05, 3.63) is 11.6 Å². The summed E-state index contributed by atoms with van der Waals surface area (Å²) in [5.74, 6) is 2.68. The van der Waals surface area contributed by atoms with Gasteiger partial charge in [-0.1, -0.05) is 90.7 Å². The Kier molecular flexibility index (Phi) is 14.1. The molecule has 1 nitrogen and oxygen atoms in total. The topological polar surface area (TPSA) is 20.2 Å². The predicted molar refractivity (Wildman–Crippen MR) is 100 cm³/mol. The maximum Gasteiger partial charge on any atom is 0.0614 e. The first-order chi connectivity index (χ1) is 10.5. The van der Waals surface area contributed by atoms with E-state index >= 15 is 0 Å². The van der Waals surface area contributed by atoms with Crippen LogP contribution in [-0.4, -0.2) is 11.7 Å². The fourth-order valence-corrected chi connectivity index (χ4v) is 3.11. The number of hydrogen-bond donors (Lipinski definition) is 1. The molecule has 0 aromatic carbocycles. The van der Waals surface area contributed by atoms with Crippen LogP contribution in [0.15, 0.2) is 11.6 Å². The molecule has 0 heterocycles. The molecule has 0 aliphatic carbocycles. The van der Waals surface area contributed by atoms with E-state index in [4.69, 9.17) is 5.11 Å². The first-order valence-electron chi connectivity index (χ1n) is 9.76. The third-order valence-corrected chi connectivity index (χ3v) is 5.19. The summed E-state index contributed by atoms with van der Waals surface area (Å²) in [6.45, 7) is 11.8. The molecule has 0 fully saturated rings. The Morgan fingerprint density at radius 1 is 0.818 bits per heavy atom. The minimum absolute atomic E-state index is 0.191. The van der Waals surface area contributed by atoms with Crippen molar-refractivity contribution >= 4 is 0 Å². The van der Waals surface area contributed by atoms with Gasteiger partial charge in [0.05, 0.1) is 6.61 Å². The smallest absolute Gasteiger partial charge is 0.0614 e. The Morgan fingerprint density at radius 3 is 1.73 bits per heavy atom. The van der Waals surface area contributed by atoms with E-state index in [1.807, 2.05) is 6.08 Å². The zero-order valence-corrected chi connectivity index (χ0v) is 16.0. The molecule has 0 radical (unpaired) electrons. The Morgan fingerprint density at radius 2 is 1.27 bits per heavy atom. The zero-order chi connectivity index (χ0) is 16.8. The van der Waals surface area contributed by atoms with Gasteiger partial charge in [0.15, 0.2) is 0 Å². The summed E-state index contributed by atoms with van der Waals surface area (Å²) in [6, 6.07) is 0. The van der Waals surface area contributed by atoms with Crippen LogP contribution < -0.4 is 0 Å². The highest BCUT2D eigenvalue weighted by molar-refractivity contribution is 4.97. The second kappa shape index (κ2) is 14.3. The molecule has 0 spiro atoms. The fraction of sp³-hybridized carbons (Fsp3) is 0.905. The van der Waals surface area contributed by atoms with Crippen LogP contribution >= 0.6 is 0 Å². The van der Waals surface area contributed by atoms with Crippen LogP contribution in [0.25, 0.3) is 0 Å². The van der Waals surface area contributed by atoms with E-state index in [9.17, 15) is 0 Å². The molecule has 22 heavy (non-hydrogen) atoms. The van der Waals surface area contributed by atoms with Gasteiger partial charge in [0, 0.05) is 0 Å². The third kappa shape index (κ3) is 13.4. The number of aliphatic hydroxyl groups excluding tert-OH is 1. The number of allylic oxidation sites excluding steroid dienone is 1. The zero-order valence-electron chi connectivity index (χ0n) is 16.0. The van der Waals surface area contributed by atoms with Gasteiger partial charge in [0.1, 0.15) is 0 Å². The van der Waals surface area contributed by atoms with E-state index in [1.54, 1.807) is 0 Å². The summed E-state index contributed by atoms with van der Waals surface area (Å²) in [4.78, 5) is 0. The number of rotatable bonds is 14. The third-order valence-electron chi connectivity index (χ3n) is 5.19. The van der Waals surface area contributed by atoms with Gasteiger partial charge in [0.25, 0.3) is 0 Å². The molecule has 0 amide bonds. The molecular formula is C21H42O. The van der Waals surface area contributed by atoms with Crippen LogP contribution in [0.5, 0.6) is 0 Å². The molecule has 1 N–H and O–H groups in total. The molecule has 0 aliphatic rings. The van der Waals surface area contributed by atoms with Gasteiger partial charge in [-0.2, -0.15) is 0 Å². The molecule has 0 bridgehead atoms. The summed E-state index contributed by atoms with van der Waals surface area (Å²) in [7, 11) is 0. The van der Waals surface area contributed by atoms with Gasteiger partial charge in [-0.3, -0.25) is 0 Å². The van der Waals surface area contributed by atoms with Crippen molar-refractivity contribution in [3.63, 3.8) is 0 Å². The SMILES string of the molecule is CCC(C)CCC[C@@H](C)CCC[C@@H](C)CCC/C(C)=C/CO. The molecule has 0 saturated carbocycles. The van der Waals surface area contributed by atoms with Gasteiger partial charge >= 0.3 is 0 Å². The molecule has 0 saturated heterocycles. The van der Waals surface area contributed by atoms with Crippen LogP contribution in [0.2, 0.25) is 0 Å². The highest BCUT2D eigenvalue weighted by Gasteiger charge is 2.07. The summed E-state index contributed by atoms with van der Waals surface area (Å²) in [5, 5.41) is 8.84. The average molecular weight is 311 g/mol. The molecule has 0 rings (SSSR count). The molecule has 132 valence electrons. The molecule has 1 unspecified atom stereocenters. The van der Waals surface area contributed by atoms with Crippen molar-refractivity contribution in [1.29, 1.82) is 0 Å². The molecule has 0 aliphatic heterocycles. The van der Waals surface area contributed by atoms with Gasteiger partial charge < -0.3 is 5.11 Å². The quantitative estimate of drug-likeness (QED) is 0.352. The summed E-state index contributed by atoms with van der Waals surface area (Å²) in [6.07, 6.45) is 15.5. The summed E-state index contributed by atoms with van der Waals surface area (Å²) in [5.41, 5.74) is 1.34. The van der Waals surface area contributed by atoms with Crippen LogP contribution in [-0.2, 0) is 0 Å². The minimum Gasteiger partial charge on any atom is -0.392 e. The maximum absolute atomic E-state index is 8.84. The van der Waals surface area contributed by atoms with Crippen molar-refractivity contribution in [2.75, 3.05) is 6.61 Å². The molecule has 0 aromatic heterocycles. The molecule has 3 atom stereocenters. The van der Waals surface area contributed by atoms with Crippen molar-refractivity contribution in [2.45, 2.75) is 98.8 Å². The Hall–Kier alpha value is -0.300. The van der Waals surface area contributed by atoms with E-state index < -0.39 is 0 Å². The van der Waals surface area contributed by atoms with Gasteiger partial charge in [-0.25, -0.2) is 0 Å². The van der Waals surface area contributed by atoms with E-state index in [1.165, 1.54) is 63.4 Å². The lowest BCUT2D eigenvalue weighted by Crippen LogP contribution is -2.00. The lowest BCUT2D eigenvalue weighted by atomic mass is 9.91. The second-order valence-electron chi connectivity index (χ2n) is 7.71. The van der Waals surface area contributed by atoms with Crippen LogP contribution in [0, 0.1) is 17.8 Å². The van der Waals surface area contributed by atoms with Crippen LogP contribution in [0.1, 0.15) is 98.8 Å². The van der Waals surface area contributed by atoms with Crippen molar-refractivity contribution in [1.82, 2.24) is 0 Å². The van der Waals surface area contributed by atoms with Gasteiger partial charge in [-0.15, -0.1) is 0 Å². The fourth-order valence-electron chi connectivity index (χ4n) is 3.11. The first-order valence-corrected chi connectivity index (χ1v) is 9.76. The highest BCUT2D eigenvalue weighted by Crippen LogP contribution is 2.22. The van der Waals surface area contributed by atoms with Crippen molar-refractivity contribution < 1.29 is 5.11 Å². The Labute approximate surface area is 140 Å². The van der Waals surface area contributed by atoms with Crippen LogP contribution in [0.4, 0.5) is 0 Å². The minimum atomic E-state index is 0.191. The number of hydrogen-bond acceptors (Lipinski definition) is 1. The largest absolute Gasteiger partial charge is 0.392 e. The Balaban J connectivity index is 3.54. The van der Waals surface area contributed by atoms with E-state index in [0.717, 1.165) is 24.2 Å². The maximum atomic E-state index is 8.84. The van der Waals surface area contributed by atoms with Crippen molar-refractivity contribution in [2.24, 2.45) is 17.8 Å². The standard InChI is InChI=1S/C21H42O/c1-6-18(2)10-7-11-19(3)12-8-13-20(4)14-9-15-21(5)16-17-22/h16,18-20,22H,6-15,17H2,1-5H3/b21-16+/t18?,19-,20-/m1/s1. The van der Waals surface area contributed by atoms with E-state index in [2.05, 4.69) is 34.6 Å². The lowest BCUT2D eigenvalue weighted by Gasteiger charge is -2.15. The van der Waals surface area contributed by atoms with Crippen LogP contribution in [0.3, 0.4) is 0 Å². The highest BCUT2D eigenvalue weighted by atomic mass is 16.2. The Bertz CT molecular complexity index is 269. The molecule has 1 heteroatoms. The molecular weight excluding hydrogens is 268 g/mol. The summed E-state index contributed by atoms with van der Waals surface area (Å²) < 4.78 is 0. The average Bonchev–Trinajstić information content (AvgIpc) is 2.47. The van der Waals surface area contributed by atoms with E-state index in [-0.39, 0.29) is 6.61 Å². The van der Waals surface area contributed by atoms with Crippen molar-refractivity contribution in [3.8, 4) is 0 Å². The normalized spacial score (nSPS) is 16.5.